The van der Waals surface area contributed by atoms with Gasteiger partial charge in [0.2, 0.25) is 11.3 Å². The number of benzene rings is 2. The quantitative estimate of drug-likeness (QED) is 0.384. The van der Waals surface area contributed by atoms with Gasteiger partial charge in [-0.3, -0.25) is 8.87 Å². The predicted octanol–water partition coefficient (Wildman–Crippen LogP) is 3.93. The number of anilines is 1. The van der Waals surface area contributed by atoms with Crippen LogP contribution in [0.4, 0.5) is 5.69 Å². The van der Waals surface area contributed by atoms with E-state index in [1.165, 1.54) is 15.2 Å². The number of aromatic nitrogens is 3. The van der Waals surface area contributed by atoms with Gasteiger partial charge in [0.05, 0.1) is 11.4 Å². The van der Waals surface area contributed by atoms with Gasteiger partial charge in [-0.2, -0.15) is 4.21 Å². The fourth-order valence-corrected chi connectivity index (χ4v) is 4.98. The molecule has 0 fully saturated rings. The van der Waals surface area contributed by atoms with Gasteiger partial charge in [-0.1, -0.05) is 24.3 Å². The Morgan fingerprint density at radius 2 is 1.79 bits per heavy atom. The molecule has 0 saturated carbocycles. The zero-order chi connectivity index (χ0) is 21.2. The molecule has 0 bridgehead atoms. The normalized spacial score (nSPS) is 13.1. The average molecular weight is 629 g/mol. The molecule has 0 amide bonds. The second-order valence-electron chi connectivity index (χ2n) is 5.56. The highest BCUT2D eigenvalue weighted by atomic mass is 80.0. The highest BCUT2D eigenvalue weighted by Crippen LogP contribution is 2.43. The van der Waals surface area contributed by atoms with E-state index in [-0.39, 0.29) is 5.16 Å². The maximum absolute atomic E-state index is 12.7. The largest absolute Gasteiger partial charge is 0.385 e. The van der Waals surface area contributed by atoms with Crippen molar-refractivity contribution in [1.82, 2.24) is 14.8 Å². The molecule has 0 N–H and O–H groups in total. The molecule has 1 aromatic heterocycles. The molecule has 0 spiro atoms. The van der Waals surface area contributed by atoms with Crippen LogP contribution in [0.1, 0.15) is 0 Å². The molecule has 1 unspecified atom stereocenters. The molecule has 3 rings (SSSR count). The van der Waals surface area contributed by atoms with E-state index in [0.29, 0.717) is 17.1 Å². The van der Waals surface area contributed by atoms with Crippen LogP contribution in [0.2, 0.25) is 0 Å². The smallest absolute Gasteiger partial charge is 0.318 e. The standard InChI is InChI=1S/C16H13Br3N4O4S2/c1-22(28(24)27-14-8-3-2-4-9-14)12-6-5-7-13(10-12)23-11-20-21-15(23)29(25,26)16(17,18)19/h2-11H,1H3. The molecule has 0 aliphatic rings. The summed E-state index contributed by atoms with van der Waals surface area (Å²) in [6, 6.07) is 15.5. The van der Waals surface area contributed by atoms with E-state index in [9.17, 15) is 12.6 Å². The van der Waals surface area contributed by atoms with Crippen molar-refractivity contribution >= 4 is 74.6 Å². The van der Waals surface area contributed by atoms with E-state index >= 15 is 0 Å². The van der Waals surface area contributed by atoms with Gasteiger partial charge in [-0.15, -0.1) is 10.2 Å². The SMILES string of the molecule is CN(c1cccc(-n2cnnc2S(=O)(=O)C(Br)(Br)Br)c1)S(=O)Oc1ccccc1. The van der Waals surface area contributed by atoms with Crippen LogP contribution in [-0.4, -0.2) is 35.9 Å². The highest BCUT2D eigenvalue weighted by molar-refractivity contribution is 9.42. The molecular weight excluding hydrogens is 616 g/mol. The van der Waals surface area contributed by atoms with Gasteiger partial charge in [-0.05, 0) is 78.1 Å². The zero-order valence-corrected chi connectivity index (χ0v) is 21.0. The van der Waals surface area contributed by atoms with Crippen LogP contribution in [-0.2, 0) is 21.1 Å². The fraction of sp³-hybridized carbons (Fsp3) is 0.125. The molecule has 1 heterocycles. The predicted molar refractivity (Wildman–Crippen MR) is 122 cm³/mol. The van der Waals surface area contributed by atoms with Gasteiger partial charge in [0, 0.05) is 7.05 Å². The first-order valence-corrected chi connectivity index (χ1v) is 12.7. The Labute approximate surface area is 195 Å². The van der Waals surface area contributed by atoms with Crippen molar-refractivity contribution in [2.24, 2.45) is 0 Å². The summed E-state index contributed by atoms with van der Waals surface area (Å²) in [5.74, 6) is 0.462. The number of alkyl halides is 3. The Kier molecular flexibility index (Phi) is 6.83. The van der Waals surface area contributed by atoms with Crippen LogP contribution >= 0.6 is 47.8 Å². The lowest BCUT2D eigenvalue weighted by Gasteiger charge is -2.19. The van der Waals surface area contributed by atoms with E-state index in [4.69, 9.17) is 4.18 Å². The summed E-state index contributed by atoms with van der Waals surface area (Å²) in [6.45, 7) is 0. The number of sulfone groups is 1. The third kappa shape index (κ3) is 4.90. The second kappa shape index (κ2) is 8.84. The van der Waals surface area contributed by atoms with Gasteiger partial charge >= 0.3 is 11.3 Å². The van der Waals surface area contributed by atoms with Crippen LogP contribution < -0.4 is 8.49 Å². The lowest BCUT2D eigenvalue weighted by atomic mass is 10.3. The van der Waals surface area contributed by atoms with Crippen LogP contribution in [0.3, 0.4) is 0 Å². The third-order valence-electron chi connectivity index (χ3n) is 3.67. The molecule has 13 heteroatoms. The van der Waals surface area contributed by atoms with Gasteiger partial charge < -0.3 is 4.18 Å². The van der Waals surface area contributed by atoms with E-state index in [0.717, 1.165) is 0 Å². The summed E-state index contributed by atoms with van der Waals surface area (Å²) < 4.78 is 44.5. The molecule has 0 radical (unpaired) electrons. The molecule has 0 saturated heterocycles. The minimum absolute atomic E-state index is 0.287. The minimum atomic E-state index is -3.96. The number of nitrogens with zero attached hydrogens (tertiary/aromatic N) is 4. The lowest BCUT2D eigenvalue weighted by Crippen LogP contribution is -2.24. The van der Waals surface area contributed by atoms with Crippen LogP contribution in [0.5, 0.6) is 5.75 Å². The minimum Gasteiger partial charge on any atom is -0.385 e. The zero-order valence-electron chi connectivity index (χ0n) is 14.6. The maximum atomic E-state index is 12.7. The molecular formula is C16H13Br3N4O4S2. The molecule has 8 nitrogen and oxygen atoms in total. The monoisotopic (exact) mass is 626 g/mol. The van der Waals surface area contributed by atoms with Gasteiger partial charge in [0.1, 0.15) is 12.1 Å². The molecule has 2 aromatic carbocycles. The summed E-state index contributed by atoms with van der Waals surface area (Å²) in [4.78, 5) is 0. The summed E-state index contributed by atoms with van der Waals surface area (Å²) >= 11 is 7.24. The Morgan fingerprint density at radius 1 is 1.10 bits per heavy atom. The molecule has 29 heavy (non-hydrogen) atoms. The van der Waals surface area contributed by atoms with Crippen LogP contribution in [0.25, 0.3) is 5.69 Å². The van der Waals surface area contributed by atoms with Crippen molar-refractivity contribution in [3.63, 3.8) is 0 Å². The van der Waals surface area contributed by atoms with Gasteiger partial charge in [0.25, 0.3) is 5.16 Å². The van der Waals surface area contributed by atoms with Crippen molar-refractivity contribution in [1.29, 1.82) is 0 Å². The Hall–Kier alpha value is -1.28. The lowest BCUT2D eigenvalue weighted by molar-refractivity contribution is 0.560. The molecule has 3 aromatic rings. The Balaban J connectivity index is 1.92. The third-order valence-corrected chi connectivity index (χ3v) is 9.86. The summed E-state index contributed by atoms with van der Waals surface area (Å²) in [5.41, 5.74) is 1.00. The highest BCUT2D eigenvalue weighted by Gasteiger charge is 2.41. The summed E-state index contributed by atoms with van der Waals surface area (Å²) in [6.07, 6.45) is 1.28. The van der Waals surface area contributed by atoms with Crippen molar-refractivity contribution in [3.8, 4) is 11.4 Å². The molecule has 0 aliphatic heterocycles. The van der Waals surface area contributed by atoms with E-state index in [2.05, 4.69) is 58.0 Å². The number of rotatable bonds is 6. The van der Waals surface area contributed by atoms with E-state index < -0.39 is 22.6 Å². The number of para-hydroxylation sites is 1. The first-order valence-electron chi connectivity index (χ1n) is 7.82. The number of hydrogen-bond donors (Lipinski definition) is 0. The molecule has 1 atom stereocenters. The van der Waals surface area contributed by atoms with E-state index in [1.807, 2.05) is 6.07 Å². The maximum Gasteiger partial charge on any atom is 0.318 e. The van der Waals surface area contributed by atoms with Gasteiger partial charge in [-0.25, -0.2) is 8.42 Å². The molecule has 0 aliphatic carbocycles. The van der Waals surface area contributed by atoms with Gasteiger partial charge in [0.15, 0.2) is 0 Å². The van der Waals surface area contributed by atoms with Crippen molar-refractivity contribution in [3.05, 3.63) is 60.9 Å². The topological polar surface area (TPSA) is 94.4 Å². The second-order valence-corrected chi connectivity index (χ2v) is 17.0. The van der Waals surface area contributed by atoms with Crippen molar-refractivity contribution < 1.29 is 16.8 Å². The number of hydrogen-bond acceptors (Lipinski definition) is 6. The van der Waals surface area contributed by atoms with Crippen molar-refractivity contribution in [2.75, 3.05) is 11.4 Å². The summed E-state index contributed by atoms with van der Waals surface area (Å²) in [5, 5.41) is 7.16. The number of halogens is 3. The Bertz CT molecular complexity index is 1130. The van der Waals surface area contributed by atoms with Crippen LogP contribution in [0, 0.1) is 0 Å². The van der Waals surface area contributed by atoms with E-state index in [1.54, 1.807) is 55.6 Å². The summed E-state index contributed by atoms with van der Waals surface area (Å²) in [7, 11) is -2.36. The first kappa shape index (κ1) is 22.4. The Morgan fingerprint density at radius 3 is 2.45 bits per heavy atom. The first-order chi connectivity index (χ1) is 13.6. The fourth-order valence-electron chi connectivity index (χ4n) is 2.23. The molecule has 154 valence electrons. The van der Waals surface area contributed by atoms with Crippen molar-refractivity contribution in [2.45, 2.75) is 6.63 Å². The van der Waals surface area contributed by atoms with Crippen LogP contribution in [0.15, 0.2) is 66.1 Å². The average Bonchev–Trinajstić information content (AvgIpc) is 3.18.